The predicted octanol–water partition coefficient (Wildman–Crippen LogP) is 16.6. The topological polar surface area (TPSA) is 3.24 Å². The highest BCUT2D eigenvalue weighted by molar-refractivity contribution is 6.01. The Morgan fingerprint density at radius 1 is 0.339 bits per heavy atom. The van der Waals surface area contributed by atoms with Gasteiger partial charge in [-0.1, -0.05) is 226 Å². The fourth-order valence-corrected chi connectivity index (χ4v) is 10.7. The van der Waals surface area contributed by atoms with Gasteiger partial charge >= 0.3 is 0 Å². The second-order valence-corrected chi connectivity index (χ2v) is 17.0. The van der Waals surface area contributed by atoms with Crippen molar-refractivity contribution in [2.75, 3.05) is 4.90 Å². The van der Waals surface area contributed by atoms with Gasteiger partial charge in [-0.05, 0) is 104 Å². The van der Waals surface area contributed by atoms with Gasteiger partial charge in [0.2, 0.25) is 0 Å². The number of hydrogen-bond acceptors (Lipinski definition) is 1. The predicted molar refractivity (Wildman–Crippen MR) is 261 cm³/mol. The molecule has 1 heteroatoms. The van der Waals surface area contributed by atoms with Crippen LogP contribution in [-0.2, 0) is 5.41 Å². The van der Waals surface area contributed by atoms with Crippen LogP contribution in [-0.4, -0.2) is 0 Å². The van der Waals surface area contributed by atoms with Crippen molar-refractivity contribution in [2.45, 2.75) is 43.4 Å². The summed E-state index contributed by atoms with van der Waals surface area (Å²) < 4.78 is 0. The SMILES string of the molecule is c1ccc(-c2ccccc2-c2ccccc2N(c2ccc(-c3ccc(C4CCCCC4)cc3)cc2)c2cccc3c2-c2ccccc2C3(c2ccccc2)c2ccccc2)cc1. The second-order valence-electron chi connectivity index (χ2n) is 17.0. The first-order valence-corrected chi connectivity index (χ1v) is 22.4. The summed E-state index contributed by atoms with van der Waals surface area (Å²) in [7, 11) is 0. The molecule has 11 rings (SSSR count). The fourth-order valence-electron chi connectivity index (χ4n) is 10.7. The average Bonchev–Trinajstić information content (AvgIpc) is 3.67. The molecule has 0 amide bonds. The van der Waals surface area contributed by atoms with Crippen molar-refractivity contribution < 1.29 is 0 Å². The summed E-state index contributed by atoms with van der Waals surface area (Å²) in [4.78, 5) is 2.52. The molecule has 62 heavy (non-hydrogen) atoms. The van der Waals surface area contributed by atoms with E-state index in [2.05, 4.69) is 235 Å². The smallest absolute Gasteiger partial charge is 0.0714 e. The highest BCUT2D eigenvalue weighted by atomic mass is 15.1. The van der Waals surface area contributed by atoms with Gasteiger partial charge in [0.05, 0.1) is 16.8 Å². The van der Waals surface area contributed by atoms with E-state index < -0.39 is 5.41 Å². The number of fused-ring (bicyclic) bond motifs is 3. The van der Waals surface area contributed by atoms with E-state index in [4.69, 9.17) is 0 Å². The maximum Gasteiger partial charge on any atom is 0.0714 e. The van der Waals surface area contributed by atoms with Gasteiger partial charge in [0.25, 0.3) is 0 Å². The molecule has 2 aliphatic rings. The van der Waals surface area contributed by atoms with Crippen LogP contribution < -0.4 is 4.90 Å². The Balaban J connectivity index is 1.13. The monoisotopic (exact) mass is 795 g/mol. The third kappa shape index (κ3) is 6.48. The number of anilines is 3. The molecule has 0 heterocycles. The maximum absolute atomic E-state index is 2.52. The van der Waals surface area contributed by atoms with Gasteiger partial charge in [0.1, 0.15) is 0 Å². The zero-order valence-corrected chi connectivity index (χ0v) is 35.0. The molecule has 1 nitrogen and oxygen atoms in total. The molecule has 0 radical (unpaired) electrons. The first kappa shape index (κ1) is 37.8. The normalized spacial score (nSPS) is 14.2. The van der Waals surface area contributed by atoms with Crippen LogP contribution >= 0.6 is 0 Å². The van der Waals surface area contributed by atoms with E-state index in [0.29, 0.717) is 5.92 Å². The number of rotatable bonds is 9. The Kier molecular flexibility index (Phi) is 9.94. The molecule has 0 N–H and O–H groups in total. The van der Waals surface area contributed by atoms with Crippen LogP contribution in [0.25, 0.3) is 44.5 Å². The van der Waals surface area contributed by atoms with Crippen LogP contribution in [0.2, 0.25) is 0 Å². The van der Waals surface area contributed by atoms with Crippen LogP contribution in [0, 0.1) is 0 Å². The van der Waals surface area contributed by atoms with Crippen molar-refractivity contribution >= 4 is 17.1 Å². The van der Waals surface area contributed by atoms with Gasteiger partial charge in [0, 0.05) is 16.8 Å². The highest BCUT2D eigenvalue weighted by Crippen LogP contribution is 2.60. The maximum atomic E-state index is 2.52. The first-order chi connectivity index (χ1) is 30.8. The number of para-hydroxylation sites is 1. The minimum Gasteiger partial charge on any atom is -0.309 e. The molecule has 0 aliphatic heterocycles. The quantitative estimate of drug-likeness (QED) is 0.141. The molecular weight excluding hydrogens is 747 g/mol. The van der Waals surface area contributed by atoms with Crippen molar-refractivity contribution in [3.05, 3.63) is 258 Å². The molecule has 0 aromatic heterocycles. The number of benzene rings is 9. The van der Waals surface area contributed by atoms with Crippen LogP contribution in [0.3, 0.4) is 0 Å². The summed E-state index contributed by atoms with van der Waals surface area (Å²) in [6.45, 7) is 0. The summed E-state index contributed by atoms with van der Waals surface area (Å²) in [6, 6.07) is 85.6. The molecule has 2 aliphatic carbocycles. The third-order valence-corrected chi connectivity index (χ3v) is 13.6. The van der Waals surface area contributed by atoms with Gasteiger partial charge in [0.15, 0.2) is 0 Å². The summed E-state index contributed by atoms with van der Waals surface area (Å²) in [6.07, 6.45) is 6.70. The van der Waals surface area contributed by atoms with Crippen LogP contribution in [0.4, 0.5) is 17.1 Å². The summed E-state index contributed by atoms with van der Waals surface area (Å²) >= 11 is 0. The zero-order chi connectivity index (χ0) is 41.3. The van der Waals surface area contributed by atoms with E-state index in [1.165, 1.54) is 104 Å². The summed E-state index contributed by atoms with van der Waals surface area (Å²) in [5, 5.41) is 0. The van der Waals surface area contributed by atoms with Gasteiger partial charge < -0.3 is 4.90 Å². The Labute approximate surface area is 366 Å². The van der Waals surface area contributed by atoms with Crippen molar-refractivity contribution in [1.82, 2.24) is 0 Å². The molecule has 0 bridgehead atoms. The Morgan fingerprint density at radius 2 is 0.839 bits per heavy atom. The highest BCUT2D eigenvalue weighted by Gasteiger charge is 2.47. The van der Waals surface area contributed by atoms with E-state index >= 15 is 0 Å². The van der Waals surface area contributed by atoms with Crippen molar-refractivity contribution in [2.24, 2.45) is 0 Å². The molecular formula is C61H49N. The van der Waals surface area contributed by atoms with Crippen LogP contribution in [0.1, 0.15) is 65.8 Å². The van der Waals surface area contributed by atoms with E-state index in [-0.39, 0.29) is 0 Å². The van der Waals surface area contributed by atoms with Crippen LogP contribution in [0.15, 0.2) is 231 Å². The van der Waals surface area contributed by atoms with Crippen molar-refractivity contribution in [3.8, 4) is 44.5 Å². The minimum absolute atomic E-state index is 0.511. The lowest BCUT2D eigenvalue weighted by Gasteiger charge is -2.34. The van der Waals surface area contributed by atoms with Crippen LogP contribution in [0.5, 0.6) is 0 Å². The van der Waals surface area contributed by atoms with Crippen molar-refractivity contribution in [3.63, 3.8) is 0 Å². The van der Waals surface area contributed by atoms with E-state index in [9.17, 15) is 0 Å². The minimum atomic E-state index is -0.511. The molecule has 9 aromatic carbocycles. The van der Waals surface area contributed by atoms with E-state index in [1.54, 1.807) is 0 Å². The molecule has 9 aromatic rings. The molecule has 0 unspecified atom stereocenters. The fraction of sp³-hybridized carbons (Fsp3) is 0.115. The standard InChI is InChI=1S/C61H49N/c1-5-20-44(21-6-1)45-36-38-46(39-37-45)47-40-42-51(43-41-47)62(58-34-18-16-30-54(58)53-29-14-13-28-52(53)48-22-7-2-8-23-48)59-35-19-33-57-60(59)55-31-15-17-32-56(55)61(57,49-24-9-3-10-25-49)50-26-11-4-12-27-50/h2-4,7-19,22-44H,1,5-6,20-21H2. The Morgan fingerprint density at radius 3 is 1.50 bits per heavy atom. The lowest BCUT2D eigenvalue weighted by atomic mass is 9.68. The lowest BCUT2D eigenvalue weighted by Crippen LogP contribution is -2.28. The van der Waals surface area contributed by atoms with Crippen molar-refractivity contribution in [1.29, 1.82) is 0 Å². The molecule has 0 atom stereocenters. The van der Waals surface area contributed by atoms with Gasteiger partial charge in [-0.15, -0.1) is 0 Å². The molecule has 1 fully saturated rings. The molecule has 0 spiro atoms. The number of hydrogen-bond donors (Lipinski definition) is 0. The first-order valence-electron chi connectivity index (χ1n) is 22.4. The zero-order valence-electron chi connectivity index (χ0n) is 35.0. The lowest BCUT2D eigenvalue weighted by molar-refractivity contribution is 0.443. The Bertz CT molecular complexity index is 2920. The van der Waals surface area contributed by atoms with E-state index in [1.807, 2.05) is 0 Å². The number of nitrogens with zero attached hydrogens (tertiary/aromatic N) is 1. The Hall–Kier alpha value is -7.22. The molecule has 1 saturated carbocycles. The summed E-state index contributed by atoms with van der Waals surface area (Å²) in [5.41, 5.74) is 19.3. The summed E-state index contributed by atoms with van der Waals surface area (Å²) in [5.74, 6) is 0.695. The van der Waals surface area contributed by atoms with Gasteiger partial charge in [-0.2, -0.15) is 0 Å². The van der Waals surface area contributed by atoms with Gasteiger partial charge in [-0.25, -0.2) is 0 Å². The van der Waals surface area contributed by atoms with Gasteiger partial charge in [-0.3, -0.25) is 0 Å². The largest absolute Gasteiger partial charge is 0.309 e. The molecule has 298 valence electrons. The second kappa shape index (κ2) is 16.3. The van der Waals surface area contributed by atoms with E-state index in [0.717, 1.165) is 17.1 Å². The molecule has 0 saturated heterocycles. The average molecular weight is 796 g/mol. The third-order valence-electron chi connectivity index (χ3n) is 13.6.